The maximum atomic E-state index is 2.22. The van der Waals surface area contributed by atoms with E-state index in [2.05, 4.69) is 78.9 Å². The van der Waals surface area contributed by atoms with Crippen molar-refractivity contribution in [2.45, 2.75) is 0 Å². The van der Waals surface area contributed by atoms with Gasteiger partial charge in [0.15, 0.2) is 0 Å². The first-order chi connectivity index (χ1) is 10.4. The minimum Gasteiger partial charge on any atom is -0.135 e. The van der Waals surface area contributed by atoms with Crippen LogP contribution < -0.4 is 0 Å². The minimum absolute atomic E-state index is 1.23. The average molecular weight is 286 g/mol. The van der Waals surface area contributed by atoms with Gasteiger partial charge in [0.25, 0.3) is 0 Å². The third-order valence-electron chi connectivity index (χ3n) is 3.69. The van der Waals surface area contributed by atoms with Crippen molar-refractivity contribution in [3.8, 4) is 0 Å². The Kier molecular flexibility index (Phi) is 3.06. The van der Waals surface area contributed by atoms with Crippen LogP contribution in [0.3, 0.4) is 0 Å². The summed E-state index contributed by atoms with van der Waals surface area (Å²) in [7, 11) is 0. The Balaban J connectivity index is 1.90. The first kappa shape index (κ1) is 12.4. The van der Waals surface area contributed by atoms with Crippen molar-refractivity contribution < 1.29 is 0 Å². The molecule has 1 heterocycles. The lowest BCUT2D eigenvalue weighted by atomic mass is 10.0. The molecule has 0 nitrogen and oxygen atoms in total. The van der Waals surface area contributed by atoms with Gasteiger partial charge in [-0.2, -0.15) is 0 Å². The van der Waals surface area contributed by atoms with Crippen molar-refractivity contribution in [3.05, 3.63) is 83.9 Å². The molecule has 0 saturated heterocycles. The zero-order valence-corrected chi connectivity index (χ0v) is 12.3. The lowest BCUT2D eigenvalue weighted by Crippen LogP contribution is -1.75. The number of thiophene rings is 1. The van der Waals surface area contributed by atoms with Crippen LogP contribution >= 0.6 is 11.3 Å². The van der Waals surface area contributed by atoms with Gasteiger partial charge in [0.1, 0.15) is 0 Å². The fraction of sp³-hybridized carbons (Fsp3) is 0. The topological polar surface area (TPSA) is 0 Å². The molecule has 0 atom stereocenters. The van der Waals surface area contributed by atoms with Gasteiger partial charge in [-0.05, 0) is 23.3 Å². The van der Waals surface area contributed by atoms with E-state index in [0.29, 0.717) is 0 Å². The summed E-state index contributed by atoms with van der Waals surface area (Å²) in [5.74, 6) is 0. The quantitative estimate of drug-likeness (QED) is 0.383. The highest BCUT2D eigenvalue weighted by Crippen LogP contribution is 2.36. The molecule has 4 aromatic rings. The van der Waals surface area contributed by atoms with E-state index < -0.39 is 0 Å². The molecule has 3 aromatic carbocycles. The molecule has 0 unspecified atom stereocenters. The molecule has 1 aromatic heterocycles. The Morgan fingerprint density at radius 2 is 1.38 bits per heavy atom. The number of hydrogen-bond acceptors (Lipinski definition) is 1. The van der Waals surface area contributed by atoms with Crippen molar-refractivity contribution in [1.82, 2.24) is 0 Å². The summed E-state index contributed by atoms with van der Waals surface area (Å²) in [6, 6.07) is 25.6. The van der Waals surface area contributed by atoms with Crippen molar-refractivity contribution >= 4 is 43.7 Å². The maximum Gasteiger partial charge on any atom is 0.0361 e. The van der Waals surface area contributed by atoms with Crippen LogP contribution in [0, 0.1) is 0 Å². The van der Waals surface area contributed by atoms with Gasteiger partial charge in [-0.15, -0.1) is 11.3 Å². The predicted octanol–water partition coefficient (Wildman–Crippen LogP) is 6.22. The second-order valence-electron chi connectivity index (χ2n) is 5.06. The zero-order chi connectivity index (χ0) is 14.1. The summed E-state index contributed by atoms with van der Waals surface area (Å²) in [5.41, 5.74) is 2.52. The Morgan fingerprint density at radius 1 is 0.619 bits per heavy atom. The second-order valence-corrected chi connectivity index (χ2v) is 6.15. The molecule has 0 aliphatic carbocycles. The number of hydrogen-bond donors (Lipinski definition) is 0. The third kappa shape index (κ3) is 2.26. The molecule has 0 aliphatic rings. The molecule has 0 aliphatic heterocycles. The van der Waals surface area contributed by atoms with E-state index in [1.54, 1.807) is 0 Å². The van der Waals surface area contributed by atoms with Gasteiger partial charge in [0, 0.05) is 20.2 Å². The molecule has 0 amide bonds. The van der Waals surface area contributed by atoms with Crippen LogP contribution in [0.1, 0.15) is 11.1 Å². The standard InChI is InChI=1S/C20H14S/c1-2-7-15(8-3-1)13-14-16-9-6-12-19-20(16)17-10-4-5-11-18(17)21-19/h1-14H. The SMILES string of the molecule is C(=Cc1cccc2sc3ccccc3c12)c1ccccc1. The van der Waals surface area contributed by atoms with Crippen molar-refractivity contribution in [2.75, 3.05) is 0 Å². The smallest absolute Gasteiger partial charge is 0.0361 e. The Hall–Kier alpha value is -2.38. The molecule has 1 heteroatoms. The van der Waals surface area contributed by atoms with Crippen LogP contribution in [0.2, 0.25) is 0 Å². The molecular weight excluding hydrogens is 272 g/mol. The van der Waals surface area contributed by atoms with Crippen molar-refractivity contribution in [3.63, 3.8) is 0 Å². The Morgan fingerprint density at radius 3 is 2.29 bits per heavy atom. The summed E-state index contributed by atoms with van der Waals surface area (Å²) in [6.45, 7) is 0. The highest BCUT2D eigenvalue weighted by molar-refractivity contribution is 7.25. The number of benzene rings is 3. The van der Waals surface area contributed by atoms with Gasteiger partial charge in [0.2, 0.25) is 0 Å². The van der Waals surface area contributed by atoms with Crippen LogP contribution in [-0.2, 0) is 0 Å². The van der Waals surface area contributed by atoms with Gasteiger partial charge >= 0.3 is 0 Å². The Bertz CT molecular complexity index is 930. The fourth-order valence-corrected chi connectivity index (χ4v) is 3.83. The van der Waals surface area contributed by atoms with Crippen LogP contribution in [0.25, 0.3) is 32.3 Å². The molecule has 0 fully saturated rings. The molecule has 0 saturated carbocycles. The fourth-order valence-electron chi connectivity index (χ4n) is 2.69. The van der Waals surface area contributed by atoms with Crippen LogP contribution in [0.5, 0.6) is 0 Å². The summed E-state index contributed by atoms with van der Waals surface area (Å²) in [4.78, 5) is 0. The lowest BCUT2D eigenvalue weighted by Gasteiger charge is -1.99. The van der Waals surface area contributed by atoms with E-state index in [1.807, 2.05) is 17.4 Å². The summed E-state index contributed by atoms with van der Waals surface area (Å²) < 4.78 is 2.71. The molecule has 21 heavy (non-hydrogen) atoms. The third-order valence-corrected chi connectivity index (χ3v) is 4.83. The van der Waals surface area contributed by atoms with E-state index in [9.17, 15) is 0 Å². The van der Waals surface area contributed by atoms with Crippen LogP contribution in [0.15, 0.2) is 72.8 Å². The van der Waals surface area contributed by atoms with Crippen molar-refractivity contribution in [1.29, 1.82) is 0 Å². The molecule has 0 N–H and O–H groups in total. The number of rotatable bonds is 2. The van der Waals surface area contributed by atoms with E-state index in [-0.39, 0.29) is 0 Å². The first-order valence-corrected chi connectivity index (χ1v) is 7.87. The molecule has 0 bridgehead atoms. The van der Waals surface area contributed by atoms with Gasteiger partial charge in [0.05, 0.1) is 0 Å². The van der Waals surface area contributed by atoms with Crippen LogP contribution in [-0.4, -0.2) is 0 Å². The highest BCUT2D eigenvalue weighted by atomic mass is 32.1. The molecule has 0 radical (unpaired) electrons. The second kappa shape index (κ2) is 5.19. The van der Waals surface area contributed by atoms with E-state index in [4.69, 9.17) is 0 Å². The van der Waals surface area contributed by atoms with Crippen molar-refractivity contribution in [2.24, 2.45) is 0 Å². The lowest BCUT2D eigenvalue weighted by molar-refractivity contribution is 1.66. The molecule has 100 valence electrons. The van der Waals surface area contributed by atoms with Gasteiger partial charge in [-0.1, -0.05) is 72.8 Å². The number of fused-ring (bicyclic) bond motifs is 3. The Labute approximate surface area is 128 Å². The largest absolute Gasteiger partial charge is 0.135 e. The predicted molar refractivity (Wildman–Crippen MR) is 94.7 cm³/mol. The van der Waals surface area contributed by atoms with E-state index >= 15 is 0 Å². The average Bonchev–Trinajstić information content (AvgIpc) is 2.93. The summed E-state index contributed by atoms with van der Waals surface area (Å²) in [6.07, 6.45) is 4.40. The first-order valence-electron chi connectivity index (χ1n) is 7.05. The van der Waals surface area contributed by atoms with Crippen LogP contribution in [0.4, 0.5) is 0 Å². The monoisotopic (exact) mass is 286 g/mol. The van der Waals surface area contributed by atoms with Gasteiger partial charge < -0.3 is 0 Å². The highest BCUT2D eigenvalue weighted by Gasteiger charge is 2.06. The summed E-state index contributed by atoms with van der Waals surface area (Å²) in [5, 5.41) is 2.72. The zero-order valence-electron chi connectivity index (χ0n) is 11.5. The van der Waals surface area contributed by atoms with Gasteiger partial charge in [-0.25, -0.2) is 0 Å². The summed E-state index contributed by atoms with van der Waals surface area (Å²) >= 11 is 1.86. The van der Waals surface area contributed by atoms with E-state index in [0.717, 1.165) is 0 Å². The minimum atomic E-state index is 1.23. The molecule has 4 rings (SSSR count). The molecule has 0 spiro atoms. The molecular formula is C20H14S. The maximum absolute atomic E-state index is 2.22. The van der Waals surface area contributed by atoms with Gasteiger partial charge in [-0.3, -0.25) is 0 Å². The normalized spacial score (nSPS) is 11.6. The van der Waals surface area contributed by atoms with E-state index in [1.165, 1.54) is 31.3 Å².